The maximum Gasteiger partial charge on any atom is 0.0594 e. The molecular formula is C12H17Br2NO. The van der Waals surface area contributed by atoms with Gasteiger partial charge in [-0.1, -0.05) is 6.07 Å². The van der Waals surface area contributed by atoms with Gasteiger partial charge in [0.2, 0.25) is 0 Å². The minimum atomic E-state index is 0.309. The number of ether oxygens (including phenoxy) is 1. The Morgan fingerprint density at radius 1 is 1.25 bits per heavy atom. The molecule has 0 radical (unpaired) electrons. The second kappa shape index (κ2) is 7.43. The summed E-state index contributed by atoms with van der Waals surface area (Å²) in [5.41, 5.74) is 1.26. The number of hydrogen-bond acceptors (Lipinski definition) is 2. The van der Waals surface area contributed by atoms with E-state index < -0.39 is 0 Å². The molecule has 2 nitrogen and oxygen atoms in total. The highest BCUT2D eigenvalue weighted by Crippen LogP contribution is 2.23. The van der Waals surface area contributed by atoms with Gasteiger partial charge in [0.25, 0.3) is 0 Å². The number of rotatable bonds is 6. The van der Waals surface area contributed by atoms with Crippen molar-refractivity contribution in [2.24, 2.45) is 0 Å². The summed E-state index contributed by atoms with van der Waals surface area (Å²) in [6.45, 7) is 6.60. The van der Waals surface area contributed by atoms with Crippen molar-refractivity contribution in [1.82, 2.24) is 5.32 Å². The van der Waals surface area contributed by atoms with Crippen LogP contribution in [0.3, 0.4) is 0 Å². The minimum absolute atomic E-state index is 0.309. The molecule has 0 saturated carbocycles. The SMILES string of the molecule is CC(C)OCCNCc1ccc(Br)c(Br)c1. The fourth-order valence-electron chi connectivity index (χ4n) is 1.25. The van der Waals surface area contributed by atoms with Gasteiger partial charge in [-0.15, -0.1) is 0 Å². The van der Waals surface area contributed by atoms with Crippen molar-refractivity contribution < 1.29 is 4.74 Å². The maximum atomic E-state index is 5.44. The smallest absolute Gasteiger partial charge is 0.0594 e. The van der Waals surface area contributed by atoms with Gasteiger partial charge in [-0.05, 0) is 63.4 Å². The van der Waals surface area contributed by atoms with E-state index >= 15 is 0 Å². The zero-order valence-electron chi connectivity index (χ0n) is 9.59. The highest BCUT2D eigenvalue weighted by atomic mass is 79.9. The first-order chi connectivity index (χ1) is 7.59. The Balaban J connectivity index is 2.24. The standard InChI is InChI=1S/C12H17Br2NO/c1-9(2)16-6-5-15-8-10-3-4-11(13)12(14)7-10/h3-4,7,9,15H,5-6,8H2,1-2H3. The van der Waals surface area contributed by atoms with Crippen LogP contribution < -0.4 is 5.32 Å². The van der Waals surface area contributed by atoms with Gasteiger partial charge in [0.15, 0.2) is 0 Å². The molecule has 0 aliphatic heterocycles. The number of hydrogen-bond donors (Lipinski definition) is 1. The molecule has 0 unspecified atom stereocenters. The summed E-state index contributed by atoms with van der Waals surface area (Å²) in [6.07, 6.45) is 0.309. The van der Waals surface area contributed by atoms with Gasteiger partial charge < -0.3 is 10.1 Å². The Kier molecular flexibility index (Phi) is 6.58. The van der Waals surface area contributed by atoms with Crippen molar-refractivity contribution in [3.63, 3.8) is 0 Å². The zero-order chi connectivity index (χ0) is 12.0. The summed E-state index contributed by atoms with van der Waals surface area (Å²) < 4.78 is 7.61. The van der Waals surface area contributed by atoms with Crippen molar-refractivity contribution in [2.75, 3.05) is 13.2 Å². The molecule has 0 bridgehead atoms. The van der Waals surface area contributed by atoms with Gasteiger partial charge in [0.05, 0.1) is 12.7 Å². The maximum absolute atomic E-state index is 5.44. The van der Waals surface area contributed by atoms with E-state index in [0.717, 1.165) is 28.6 Å². The molecule has 4 heteroatoms. The summed E-state index contributed by atoms with van der Waals surface area (Å²) in [6, 6.07) is 6.26. The average molecular weight is 351 g/mol. The topological polar surface area (TPSA) is 21.3 Å². The molecule has 1 aromatic carbocycles. The second-order valence-corrected chi connectivity index (χ2v) is 5.55. The zero-order valence-corrected chi connectivity index (χ0v) is 12.8. The molecule has 90 valence electrons. The molecule has 1 aromatic rings. The summed E-state index contributed by atoms with van der Waals surface area (Å²) >= 11 is 6.94. The van der Waals surface area contributed by atoms with Crippen LogP contribution in [0.25, 0.3) is 0 Å². The normalized spacial score (nSPS) is 11.1. The Morgan fingerprint density at radius 2 is 2.00 bits per heavy atom. The predicted octanol–water partition coefficient (Wildman–Crippen LogP) is 3.73. The molecule has 0 heterocycles. The number of benzene rings is 1. The molecule has 0 fully saturated rings. The second-order valence-electron chi connectivity index (χ2n) is 3.84. The van der Waals surface area contributed by atoms with Crippen molar-refractivity contribution in [3.8, 4) is 0 Å². The van der Waals surface area contributed by atoms with Crippen molar-refractivity contribution in [2.45, 2.75) is 26.5 Å². The largest absolute Gasteiger partial charge is 0.377 e. The van der Waals surface area contributed by atoms with E-state index in [2.05, 4.69) is 49.3 Å². The van der Waals surface area contributed by atoms with Crippen LogP contribution in [0.4, 0.5) is 0 Å². The van der Waals surface area contributed by atoms with Crippen LogP contribution in [0.1, 0.15) is 19.4 Å². The molecule has 0 amide bonds. The van der Waals surface area contributed by atoms with Crippen molar-refractivity contribution in [1.29, 1.82) is 0 Å². The fourth-order valence-corrected chi connectivity index (χ4v) is 1.92. The van der Waals surface area contributed by atoms with Gasteiger partial charge in [-0.25, -0.2) is 0 Å². The quantitative estimate of drug-likeness (QED) is 0.789. The summed E-state index contributed by atoms with van der Waals surface area (Å²) in [7, 11) is 0. The van der Waals surface area contributed by atoms with E-state index in [4.69, 9.17) is 4.74 Å². The molecule has 0 aliphatic carbocycles. The van der Waals surface area contributed by atoms with Gasteiger partial charge in [-0.3, -0.25) is 0 Å². The van der Waals surface area contributed by atoms with E-state index in [1.807, 2.05) is 19.9 Å². The summed E-state index contributed by atoms with van der Waals surface area (Å²) in [5, 5.41) is 3.34. The van der Waals surface area contributed by atoms with Crippen LogP contribution >= 0.6 is 31.9 Å². The third kappa shape index (κ3) is 5.43. The van der Waals surface area contributed by atoms with E-state index in [9.17, 15) is 0 Å². The van der Waals surface area contributed by atoms with E-state index in [1.165, 1.54) is 5.56 Å². The number of nitrogens with one attached hydrogen (secondary N) is 1. The molecule has 0 spiro atoms. The van der Waals surface area contributed by atoms with Crippen LogP contribution in [0, 0.1) is 0 Å². The summed E-state index contributed by atoms with van der Waals surface area (Å²) in [4.78, 5) is 0. The van der Waals surface area contributed by atoms with Gasteiger partial charge in [-0.2, -0.15) is 0 Å². The van der Waals surface area contributed by atoms with Crippen molar-refractivity contribution >= 4 is 31.9 Å². The van der Waals surface area contributed by atoms with Crippen LogP contribution in [0.5, 0.6) is 0 Å². The van der Waals surface area contributed by atoms with Crippen LogP contribution in [-0.2, 0) is 11.3 Å². The predicted molar refractivity (Wildman–Crippen MR) is 74.6 cm³/mol. The average Bonchev–Trinajstić information content (AvgIpc) is 2.22. The fraction of sp³-hybridized carbons (Fsp3) is 0.500. The molecule has 0 saturated heterocycles. The first kappa shape index (κ1) is 14.2. The van der Waals surface area contributed by atoms with Crippen LogP contribution in [0.2, 0.25) is 0 Å². The lowest BCUT2D eigenvalue weighted by Crippen LogP contribution is -2.20. The van der Waals surface area contributed by atoms with Gasteiger partial charge in [0.1, 0.15) is 0 Å². The molecule has 1 rings (SSSR count). The van der Waals surface area contributed by atoms with E-state index in [-0.39, 0.29) is 0 Å². The molecular weight excluding hydrogens is 334 g/mol. The van der Waals surface area contributed by atoms with Gasteiger partial charge in [0, 0.05) is 22.0 Å². The van der Waals surface area contributed by atoms with E-state index in [1.54, 1.807) is 0 Å². The monoisotopic (exact) mass is 349 g/mol. The first-order valence-electron chi connectivity index (χ1n) is 5.36. The Hall–Kier alpha value is 0.1000. The van der Waals surface area contributed by atoms with Crippen LogP contribution in [0.15, 0.2) is 27.1 Å². The van der Waals surface area contributed by atoms with Crippen molar-refractivity contribution in [3.05, 3.63) is 32.7 Å². The lowest BCUT2D eigenvalue weighted by Gasteiger charge is -2.09. The molecule has 0 aromatic heterocycles. The third-order valence-corrected chi connectivity index (χ3v) is 3.92. The third-order valence-electron chi connectivity index (χ3n) is 2.04. The highest BCUT2D eigenvalue weighted by Gasteiger charge is 1.98. The Labute approximate surface area is 114 Å². The summed E-state index contributed by atoms with van der Waals surface area (Å²) in [5.74, 6) is 0. The molecule has 0 atom stereocenters. The Bertz CT molecular complexity index is 329. The first-order valence-corrected chi connectivity index (χ1v) is 6.94. The van der Waals surface area contributed by atoms with Gasteiger partial charge >= 0.3 is 0 Å². The molecule has 16 heavy (non-hydrogen) atoms. The minimum Gasteiger partial charge on any atom is -0.377 e. The lowest BCUT2D eigenvalue weighted by molar-refractivity contribution is 0.0807. The van der Waals surface area contributed by atoms with Crippen LogP contribution in [-0.4, -0.2) is 19.3 Å². The Morgan fingerprint density at radius 3 is 2.62 bits per heavy atom. The molecule has 1 N–H and O–H groups in total. The lowest BCUT2D eigenvalue weighted by atomic mass is 10.2. The highest BCUT2D eigenvalue weighted by molar-refractivity contribution is 9.13. The molecule has 0 aliphatic rings. The van der Waals surface area contributed by atoms with E-state index in [0.29, 0.717) is 6.10 Å². The number of halogens is 2.